The van der Waals surface area contributed by atoms with Gasteiger partial charge in [0.1, 0.15) is 34.4 Å². The van der Waals surface area contributed by atoms with Crippen molar-refractivity contribution in [3.05, 3.63) is 78.2 Å². The number of nitrogens with zero attached hydrogens (tertiary/aromatic N) is 5. The first kappa shape index (κ1) is 27.3. The summed E-state index contributed by atoms with van der Waals surface area (Å²) in [6, 6.07) is 17.7. The summed E-state index contributed by atoms with van der Waals surface area (Å²) in [5.41, 5.74) is 8.69. The third-order valence-corrected chi connectivity index (χ3v) is 8.27. The van der Waals surface area contributed by atoms with E-state index in [-0.39, 0.29) is 11.9 Å². The lowest BCUT2D eigenvalue weighted by molar-refractivity contribution is -0.125. The van der Waals surface area contributed by atoms with Crippen molar-refractivity contribution in [3.8, 4) is 22.6 Å². The molecule has 0 radical (unpaired) electrons. The van der Waals surface area contributed by atoms with Gasteiger partial charge in [-0.2, -0.15) is 0 Å². The fourth-order valence-corrected chi connectivity index (χ4v) is 6.06. The zero-order valence-corrected chi connectivity index (χ0v) is 23.7. The number of anilines is 1. The standard InChI is InChI=1S/C31H33ClN6O3/c1-36(23-14-17-40-19-23)15-5-8-26(39)37-16-13-22(18-37)38-29(32)27(28-30(33)34-20-35-31(28)38)21-9-11-25(12-10-21)41-24-6-3-2-4-7-24/h2-12,20,22-23H,13-19H2,1H3,(H2,33,34,35)/t22-,23+/m1/s1. The number of nitrogens with two attached hydrogens (primary N) is 1. The van der Waals surface area contributed by atoms with Crippen LogP contribution in [0.1, 0.15) is 18.9 Å². The largest absolute Gasteiger partial charge is 0.457 e. The van der Waals surface area contributed by atoms with Crippen molar-refractivity contribution in [2.24, 2.45) is 0 Å². The van der Waals surface area contributed by atoms with Crippen LogP contribution < -0.4 is 10.5 Å². The maximum absolute atomic E-state index is 13.0. The van der Waals surface area contributed by atoms with Gasteiger partial charge in [-0.15, -0.1) is 0 Å². The van der Waals surface area contributed by atoms with Crippen molar-refractivity contribution >= 4 is 34.4 Å². The number of rotatable bonds is 8. The van der Waals surface area contributed by atoms with Crippen LogP contribution in [0.5, 0.6) is 11.5 Å². The Balaban J connectivity index is 1.21. The Labute approximate surface area is 244 Å². The van der Waals surface area contributed by atoms with Crippen LogP contribution in [0, 0.1) is 0 Å². The highest BCUT2D eigenvalue weighted by atomic mass is 35.5. The quantitative estimate of drug-likeness (QED) is 0.291. The first-order valence-electron chi connectivity index (χ1n) is 13.9. The molecule has 41 heavy (non-hydrogen) atoms. The molecule has 6 rings (SSSR count). The molecule has 0 aliphatic carbocycles. The number of carbonyl (C=O) groups excluding carboxylic acids is 1. The molecule has 2 N–H and O–H groups in total. The van der Waals surface area contributed by atoms with E-state index in [1.54, 1.807) is 6.08 Å². The molecule has 2 aromatic heterocycles. The molecule has 2 saturated heterocycles. The number of fused-ring (bicyclic) bond motifs is 1. The van der Waals surface area contributed by atoms with Gasteiger partial charge in [0.2, 0.25) is 5.91 Å². The molecule has 2 aromatic carbocycles. The van der Waals surface area contributed by atoms with E-state index >= 15 is 0 Å². The summed E-state index contributed by atoms with van der Waals surface area (Å²) in [6.07, 6.45) is 6.85. The van der Waals surface area contributed by atoms with Gasteiger partial charge in [-0.05, 0) is 49.7 Å². The highest BCUT2D eigenvalue weighted by Crippen LogP contribution is 2.43. The molecule has 1 amide bonds. The van der Waals surface area contributed by atoms with Gasteiger partial charge in [0.05, 0.1) is 18.0 Å². The van der Waals surface area contributed by atoms with E-state index in [1.165, 1.54) is 6.33 Å². The molecule has 0 bridgehead atoms. The van der Waals surface area contributed by atoms with Gasteiger partial charge >= 0.3 is 0 Å². The Bertz CT molecular complexity index is 1550. The van der Waals surface area contributed by atoms with Gasteiger partial charge < -0.3 is 24.7 Å². The van der Waals surface area contributed by atoms with Crippen LogP contribution in [0.4, 0.5) is 5.82 Å². The molecular weight excluding hydrogens is 540 g/mol. The maximum atomic E-state index is 13.0. The number of nitrogen functional groups attached to an aromatic ring is 1. The summed E-state index contributed by atoms with van der Waals surface area (Å²) in [7, 11) is 2.06. The van der Waals surface area contributed by atoms with Crippen LogP contribution in [0.3, 0.4) is 0 Å². The number of halogens is 1. The molecule has 2 atom stereocenters. The lowest BCUT2D eigenvalue weighted by atomic mass is 10.1. The molecule has 0 spiro atoms. The number of amides is 1. The van der Waals surface area contributed by atoms with Crippen molar-refractivity contribution in [2.75, 3.05) is 45.6 Å². The minimum absolute atomic E-state index is 0.000441. The molecular formula is C31H33ClN6O3. The molecule has 0 unspecified atom stereocenters. The zero-order valence-electron chi connectivity index (χ0n) is 22.9. The fraction of sp³-hybridized carbons (Fsp3) is 0.323. The number of benzene rings is 2. The molecule has 4 heterocycles. The van der Waals surface area contributed by atoms with E-state index in [0.717, 1.165) is 42.9 Å². The van der Waals surface area contributed by atoms with Gasteiger partial charge in [-0.25, -0.2) is 9.97 Å². The number of ether oxygens (including phenoxy) is 2. The van der Waals surface area contributed by atoms with Gasteiger partial charge in [-0.1, -0.05) is 48.0 Å². The second-order valence-corrected chi connectivity index (χ2v) is 10.9. The summed E-state index contributed by atoms with van der Waals surface area (Å²) in [6.45, 7) is 3.43. The second kappa shape index (κ2) is 11.9. The van der Waals surface area contributed by atoms with Crippen molar-refractivity contribution in [1.82, 2.24) is 24.3 Å². The number of aromatic nitrogens is 3. The van der Waals surface area contributed by atoms with Crippen LogP contribution in [-0.4, -0.2) is 76.2 Å². The highest BCUT2D eigenvalue weighted by Gasteiger charge is 2.32. The third-order valence-electron chi connectivity index (χ3n) is 7.90. The third kappa shape index (κ3) is 5.66. The number of likely N-dealkylation sites (N-methyl/N-ethyl adjacent to an activating group) is 1. The molecule has 2 aliphatic rings. The summed E-state index contributed by atoms with van der Waals surface area (Å²) in [5, 5.41) is 1.23. The summed E-state index contributed by atoms with van der Waals surface area (Å²) in [4.78, 5) is 25.9. The topological polar surface area (TPSA) is 98.7 Å². The van der Waals surface area contributed by atoms with Crippen molar-refractivity contribution < 1.29 is 14.3 Å². The Kier molecular flexibility index (Phi) is 7.91. The van der Waals surface area contributed by atoms with Gasteiger partial charge in [0, 0.05) is 43.9 Å². The average Bonchev–Trinajstić information content (AvgIpc) is 3.74. The normalized spacial score (nSPS) is 19.1. The highest BCUT2D eigenvalue weighted by molar-refractivity contribution is 6.35. The Hall–Kier alpha value is -3.92. The van der Waals surface area contributed by atoms with E-state index in [1.807, 2.05) is 70.1 Å². The van der Waals surface area contributed by atoms with Crippen LogP contribution >= 0.6 is 11.6 Å². The molecule has 2 fully saturated rings. The van der Waals surface area contributed by atoms with Gasteiger partial charge in [0.15, 0.2) is 0 Å². The van der Waals surface area contributed by atoms with Crippen molar-refractivity contribution in [1.29, 1.82) is 0 Å². The summed E-state index contributed by atoms with van der Waals surface area (Å²) >= 11 is 7.09. The van der Waals surface area contributed by atoms with E-state index in [9.17, 15) is 4.79 Å². The first-order valence-corrected chi connectivity index (χ1v) is 14.2. The summed E-state index contributed by atoms with van der Waals surface area (Å²) in [5.74, 6) is 1.84. The Morgan fingerprint density at radius 3 is 2.68 bits per heavy atom. The smallest absolute Gasteiger partial charge is 0.246 e. The number of hydrogen-bond donors (Lipinski definition) is 1. The van der Waals surface area contributed by atoms with E-state index < -0.39 is 0 Å². The van der Waals surface area contributed by atoms with Gasteiger partial charge in [-0.3, -0.25) is 9.69 Å². The monoisotopic (exact) mass is 572 g/mol. The number of carbonyl (C=O) groups is 1. The minimum Gasteiger partial charge on any atom is -0.457 e. The Morgan fingerprint density at radius 1 is 1.15 bits per heavy atom. The van der Waals surface area contributed by atoms with Crippen LogP contribution in [0.2, 0.25) is 5.15 Å². The molecule has 10 heteroatoms. The summed E-state index contributed by atoms with van der Waals surface area (Å²) < 4.78 is 13.4. The second-order valence-electron chi connectivity index (χ2n) is 10.5. The first-order chi connectivity index (χ1) is 20.0. The average molecular weight is 573 g/mol. The maximum Gasteiger partial charge on any atom is 0.246 e. The number of para-hydroxylation sites is 1. The molecule has 212 valence electrons. The van der Waals surface area contributed by atoms with Crippen LogP contribution in [0.25, 0.3) is 22.2 Å². The SMILES string of the molecule is CN(CC=CC(=O)N1CC[C@@H](n2c(Cl)c(-c3ccc(Oc4ccccc4)cc3)c3c(N)ncnc32)C1)[C@H]1CCOC1. The number of hydrogen-bond acceptors (Lipinski definition) is 7. The van der Waals surface area contributed by atoms with E-state index in [0.29, 0.717) is 53.4 Å². The minimum atomic E-state index is -0.0376. The number of likely N-dealkylation sites (tertiary alicyclic amines) is 1. The van der Waals surface area contributed by atoms with Crippen LogP contribution in [0.15, 0.2) is 73.1 Å². The lowest BCUT2D eigenvalue weighted by Crippen LogP contribution is -2.32. The predicted molar refractivity (Wildman–Crippen MR) is 160 cm³/mol. The molecule has 4 aromatic rings. The molecule has 2 aliphatic heterocycles. The van der Waals surface area contributed by atoms with E-state index in [4.69, 9.17) is 26.8 Å². The van der Waals surface area contributed by atoms with Crippen molar-refractivity contribution in [3.63, 3.8) is 0 Å². The van der Waals surface area contributed by atoms with Gasteiger partial charge in [0.25, 0.3) is 0 Å². The van der Waals surface area contributed by atoms with Crippen LogP contribution in [-0.2, 0) is 9.53 Å². The zero-order chi connectivity index (χ0) is 28.3. The molecule has 0 saturated carbocycles. The molecule has 9 nitrogen and oxygen atoms in total. The Morgan fingerprint density at radius 2 is 1.93 bits per heavy atom. The fourth-order valence-electron chi connectivity index (χ4n) is 5.64. The van der Waals surface area contributed by atoms with Crippen molar-refractivity contribution in [2.45, 2.75) is 24.9 Å². The van der Waals surface area contributed by atoms with E-state index in [2.05, 4.69) is 21.9 Å². The predicted octanol–water partition coefficient (Wildman–Crippen LogP) is 5.18. The lowest BCUT2D eigenvalue weighted by Gasteiger charge is -2.21.